The molecule has 2 saturated heterocycles. The summed E-state index contributed by atoms with van der Waals surface area (Å²) in [5, 5.41) is 3.29. The van der Waals surface area contributed by atoms with E-state index in [2.05, 4.69) is 5.32 Å². The Hall–Kier alpha value is -2.46. The molecule has 0 aliphatic carbocycles. The molecule has 0 bridgehead atoms. The zero-order valence-corrected chi connectivity index (χ0v) is 19.8. The number of nitrogens with zero attached hydrogens (tertiary/aromatic N) is 3. The Morgan fingerprint density at radius 2 is 1.61 bits per heavy atom. The number of anilines is 1. The maximum absolute atomic E-state index is 13.2. The Kier molecular flexibility index (Phi) is 7.33. The summed E-state index contributed by atoms with van der Waals surface area (Å²) in [6, 6.07) is 14.6. The molecule has 0 radical (unpaired) electrons. The second kappa shape index (κ2) is 10.2. The summed E-state index contributed by atoms with van der Waals surface area (Å²) in [5.74, 6) is -0.328. The molecule has 2 aromatic carbocycles. The van der Waals surface area contributed by atoms with E-state index in [-0.39, 0.29) is 23.3 Å². The van der Waals surface area contributed by atoms with Crippen molar-refractivity contribution in [1.82, 2.24) is 14.1 Å². The highest BCUT2D eigenvalue weighted by Crippen LogP contribution is 2.27. The lowest BCUT2D eigenvalue weighted by Crippen LogP contribution is -2.55. The second-order valence-electron chi connectivity index (χ2n) is 8.22. The maximum Gasteiger partial charge on any atom is 0.243 e. The van der Waals surface area contributed by atoms with E-state index in [1.54, 1.807) is 59.5 Å². The van der Waals surface area contributed by atoms with Crippen molar-refractivity contribution in [3.8, 4) is 0 Å². The lowest BCUT2D eigenvalue weighted by Gasteiger charge is -2.36. The van der Waals surface area contributed by atoms with E-state index in [0.29, 0.717) is 56.3 Å². The molecule has 1 atom stereocenters. The average molecular weight is 491 g/mol. The zero-order valence-electron chi connectivity index (χ0n) is 18.2. The van der Waals surface area contributed by atoms with Crippen molar-refractivity contribution in [3.63, 3.8) is 0 Å². The van der Waals surface area contributed by atoms with Crippen LogP contribution in [0.3, 0.4) is 0 Å². The summed E-state index contributed by atoms with van der Waals surface area (Å²) in [6.07, 6.45) is 1.18. The van der Waals surface area contributed by atoms with E-state index in [4.69, 9.17) is 11.6 Å². The Balaban J connectivity index is 1.32. The van der Waals surface area contributed by atoms with E-state index < -0.39 is 16.1 Å². The predicted molar refractivity (Wildman–Crippen MR) is 126 cm³/mol. The van der Waals surface area contributed by atoms with Gasteiger partial charge >= 0.3 is 0 Å². The van der Waals surface area contributed by atoms with E-state index in [9.17, 15) is 18.0 Å². The van der Waals surface area contributed by atoms with E-state index in [1.807, 2.05) is 4.90 Å². The second-order valence-corrected chi connectivity index (χ2v) is 10.5. The van der Waals surface area contributed by atoms with Crippen LogP contribution in [0, 0.1) is 0 Å². The molecule has 0 saturated carbocycles. The first-order valence-corrected chi connectivity index (χ1v) is 12.8. The molecule has 2 amide bonds. The molecular formula is C23H27ClN4O4S. The fourth-order valence-corrected chi connectivity index (χ4v) is 6.15. The van der Waals surface area contributed by atoms with E-state index in [1.165, 1.54) is 4.31 Å². The van der Waals surface area contributed by atoms with Gasteiger partial charge in [-0.05, 0) is 37.1 Å². The molecule has 8 nitrogen and oxygen atoms in total. The summed E-state index contributed by atoms with van der Waals surface area (Å²) in [6.45, 7) is 2.53. The Labute approximate surface area is 199 Å². The summed E-state index contributed by atoms with van der Waals surface area (Å²) in [4.78, 5) is 29.5. The molecule has 0 spiro atoms. The standard InChI is InChI=1S/C23H27ClN4O4S/c24-19-9-4-5-10-20(19)25-22(29)17-26-13-15-27(16-14-26)23(30)21-11-6-12-28(21)33(31,32)18-7-2-1-3-8-18/h1-5,7-10,21H,6,11-17H2,(H,25,29). The lowest BCUT2D eigenvalue weighted by atomic mass is 10.2. The van der Waals surface area contributed by atoms with Crippen LogP contribution in [-0.4, -0.2) is 79.6 Å². The molecule has 0 aromatic heterocycles. The van der Waals surface area contributed by atoms with Crippen molar-refractivity contribution < 1.29 is 18.0 Å². The van der Waals surface area contributed by atoms with Crippen LogP contribution in [0.25, 0.3) is 0 Å². The highest BCUT2D eigenvalue weighted by molar-refractivity contribution is 7.89. The van der Waals surface area contributed by atoms with Gasteiger partial charge in [0.2, 0.25) is 21.8 Å². The third kappa shape index (κ3) is 5.38. The molecule has 2 aliphatic rings. The van der Waals surface area contributed by atoms with Gasteiger partial charge in [-0.25, -0.2) is 8.42 Å². The molecular weight excluding hydrogens is 464 g/mol. The van der Waals surface area contributed by atoms with Gasteiger partial charge < -0.3 is 10.2 Å². The van der Waals surface area contributed by atoms with Crippen LogP contribution in [0.15, 0.2) is 59.5 Å². The highest BCUT2D eigenvalue weighted by atomic mass is 35.5. The Bertz CT molecular complexity index is 1100. The molecule has 4 rings (SSSR count). The van der Waals surface area contributed by atoms with Crippen LogP contribution in [0.5, 0.6) is 0 Å². The van der Waals surface area contributed by atoms with Crippen LogP contribution >= 0.6 is 11.6 Å². The molecule has 33 heavy (non-hydrogen) atoms. The minimum Gasteiger partial charge on any atom is -0.339 e. The molecule has 10 heteroatoms. The fraction of sp³-hybridized carbons (Fsp3) is 0.391. The van der Waals surface area contributed by atoms with Gasteiger partial charge in [-0.15, -0.1) is 0 Å². The van der Waals surface area contributed by atoms with Crippen LogP contribution in [0.1, 0.15) is 12.8 Å². The molecule has 1 N–H and O–H groups in total. The fourth-order valence-electron chi connectivity index (χ4n) is 4.30. The number of piperazine rings is 1. The van der Waals surface area contributed by atoms with E-state index in [0.717, 1.165) is 0 Å². The van der Waals surface area contributed by atoms with Gasteiger partial charge in [-0.3, -0.25) is 14.5 Å². The Morgan fingerprint density at radius 1 is 0.939 bits per heavy atom. The highest BCUT2D eigenvalue weighted by Gasteiger charge is 2.41. The van der Waals surface area contributed by atoms with Crippen LogP contribution in [0.4, 0.5) is 5.69 Å². The molecule has 2 aromatic rings. The van der Waals surface area contributed by atoms with Crippen molar-refractivity contribution in [2.45, 2.75) is 23.8 Å². The molecule has 1 unspecified atom stereocenters. The van der Waals surface area contributed by atoms with Crippen LogP contribution < -0.4 is 5.32 Å². The summed E-state index contributed by atoms with van der Waals surface area (Å²) < 4.78 is 27.5. The van der Waals surface area contributed by atoms with Gasteiger partial charge in [0.05, 0.1) is 22.2 Å². The molecule has 176 valence electrons. The van der Waals surface area contributed by atoms with Crippen molar-refractivity contribution in [1.29, 1.82) is 0 Å². The SMILES string of the molecule is O=C(CN1CCN(C(=O)C2CCCN2S(=O)(=O)c2ccccc2)CC1)Nc1ccccc1Cl. The maximum atomic E-state index is 13.2. The van der Waals surface area contributed by atoms with Gasteiger partial charge in [-0.2, -0.15) is 4.31 Å². The first kappa shape index (κ1) is 23.7. The largest absolute Gasteiger partial charge is 0.339 e. The summed E-state index contributed by atoms with van der Waals surface area (Å²) >= 11 is 6.09. The average Bonchev–Trinajstić information content (AvgIpc) is 3.32. The third-order valence-electron chi connectivity index (χ3n) is 6.04. The van der Waals surface area contributed by atoms with Crippen molar-refractivity contribution in [2.75, 3.05) is 44.6 Å². The van der Waals surface area contributed by atoms with Crippen molar-refractivity contribution in [3.05, 3.63) is 59.6 Å². The molecule has 2 aliphatic heterocycles. The van der Waals surface area contributed by atoms with Crippen molar-refractivity contribution in [2.24, 2.45) is 0 Å². The number of halogens is 1. The van der Waals surface area contributed by atoms with E-state index >= 15 is 0 Å². The first-order chi connectivity index (χ1) is 15.9. The van der Waals surface area contributed by atoms with Gasteiger partial charge in [0.25, 0.3) is 0 Å². The molecule has 2 heterocycles. The predicted octanol–water partition coefficient (Wildman–Crippen LogP) is 2.28. The van der Waals surface area contributed by atoms with Crippen LogP contribution in [-0.2, 0) is 19.6 Å². The number of hydrogen-bond donors (Lipinski definition) is 1. The topological polar surface area (TPSA) is 90.0 Å². The number of rotatable bonds is 6. The number of nitrogens with one attached hydrogen (secondary N) is 1. The minimum atomic E-state index is -3.72. The van der Waals surface area contributed by atoms with Gasteiger partial charge in [-0.1, -0.05) is 41.9 Å². The zero-order chi connectivity index (χ0) is 23.4. The normalized spacial score (nSPS) is 20.0. The first-order valence-electron chi connectivity index (χ1n) is 11.0. The number of amides is 2. The number of carbonyl (C=O) groups excluding carboxylic acids is 2. The Morgan fingerprint density at radius 3 is 2.30 bits per heavy atom. The quantitative estimate of drug-likeness (QED) is 0.671. The van der Waals surface area contributed by atoms with Gasteiger partial charge in [0, 0.05) is 32.7 Å². The molecule has 2 fully saturated rings. The number of carbonyl (C=O) groups is 2. The number of benzene rings is 2. The summed E-state index contributed by atoms with van der Waals surface area (Å²) in [5.41, 5.74) is 0.568. The third-order valence-corrected chi connectivity index (χ3v) is 8.29. The number of para-hydroxylation sites is 1. The lowest BCUT2D eigenvalue weighted by molar-refractivity contribution is -0.136. The monoisotopic (exact) mass is 490 g/mol. The number of sulfonamides is 1. The minimum absolute atomic E-state index is 0.160. The number of hydrogen-bond acceptors (Lipinski definition) is 5. The van der Waals surface area contributed by atoms with Crippen molar-refractivity contribution >= 4 is 39.1 Å². The van der Waals surface area contributed by atoms with Gasteiger partial charge in [0.15, 0.2) is 0 Å². The summed E-state index contributed by atoms with van der Waals surface area (Å²) in [7, 11) is -3.72. The van der Waals surface area contributed by atoms with Gasteiger partial charge in [0.1, 0.15) is 6.04 Å². The smallest absolute Gasteiger partial charge is 0.243 e. The van der Waals surface area contributed by atoms with Crippen LogP contribution in [0.2, 0.25) is 5.02 Å².